The predicted molar refractivity (Wildman–Crippen MR) is 53.7 cm³/mol. The highest BCUT2D eigenvalue weighted by atomic mass is 16.7. The fraction of sp³-hybridized carbons (Fsp3) is 0.300. The van der Waals surface area contributed by atoms with Crippen LogP contribution in [0.5, 0.6) is 17.2 Å². The zero-order valence-corrected chi connectivity index (χ0v) is 8.34. The molecule has 1 atom stereocenters. The van der Waals surface area contributed by atoms with Crippen LogP contribution in [-0.4, -0.2) is 29.5 Å². The minimum Gasteiger partial charge on any atom is -0.507 e. The first kappa shape index (κ1) is 10.6. The van der Waals surface area contributed by atoms with Gasteiger partial charge in [0.15, 0.2) is 11.5 Å². The lowest BCUT2D eigenvalue weighted by molar-refractivity contribution is -0.138. The van der Waals surface area contributed by atoms with Crippen LogP contribution in [0.2, 0.25) is 0 Å². The van der Waals surface area contributed by atoms with Gasteiger partial charge < -0.3 is 25.4 Å². The van der Waals surface area contributed by atoms with E-state index in [-0.39, 0.29) is 24.7 Å². The number of ether oxygens (including phenoxy) is 2. The number of aliphatic carboxylic acids is 1. The molecular formula is C10H11NO5. The third-order valence-corrected chi connectivity index (χ3v) is 2.43. The van der Waals surface area contributed by atoms with Gasteiger partial charge in [-0.1, -0.05) is 0 Å². The number of benzene rings is 1. The summed E-state index contributed by atoms with van der Waals surface area (Å²) < 4.78 is 10.1. The highest BCUT2D eigenvalue weighted by Gasteiger charge is 2.25. The average Bonchev–Trinajstić information content (AvgIpc) is 2.65. The maximum Gasteiger partial charge on any atom is 0.312 e. The number of carboxylic acid groups (broad SMARTS) is 1. The van der Waals surface area contributed by atoms with Crippen molar-refractivity contribution in [1.29, 1.82) is 0 Å². The molecule has 1 aliphatic rings. The molecule has 1 heterocycles. The molecule has 2 rings (SSSR count). The monoisotopic (exact) mass is 225 g/mol. The molecule has 0 aromatic heterocycles. The van der Waals surface area contributed by atoms with Crippen molar-refractivity contribution in [3.05, 3.63) is 17.7 Å². The number of hydrogen-bond donors (Lipinski definition) is 3. The van der Waals surface area contributed by atoms with Crippen LogP contribution in [0.3, 0.4) is 0 Å². The Labute approximate surface area is 91.2 Å². The molecule has 0 spiro atoms. The third-order valence-electron chi connectivity index (χ3n) is 2.43. The molecular weight excluding hydrogens is 214 g/mol. The Balaban J connectivity index is 2.44. The highest BCUT2D eigenvalue weighted by Crippen LogP contribution is 2.40. The summed E-state index contributed by atoms with van der Waals surface area (Å²) in [6, 6.07) is 2.78. The molecule has 16 heavy (non-hydrogen) atoms. The van der Waals surface area contributed by atoms with E-state index < -0.39 is 11.9 Å². The van der Waals surface area contributed by atoms with Gasteiger partial charge in [0.2, 0.25) is 6.79 Å². The lowest BCUT2D eigenvalue weighted by Crippen LogP contribution is -2.21. The second-order valence-electron chi connectivity index (χ2n) is 3.39. The maximum absolute atomic E-state index is 10.9. The molecule has 0 saturated carbocycles. The van der Waals surface area contributed by atoms with Crippen molar-refractivity contribution < 1.29 is 24.5 Å². The Morgan fingerprint density at radius 1 is 1.44 bits per heavy atom. The number of carbonyl (C=O) groups is 1. The molecule has 0 amide bonds. The van der Waals surface area contributed by atoms with Gasteiger partial charge in [0.1, 0.15) is 5.75 Å². The summed E-state index contributed by atoms with van der Waals surface area (Å²) in [5, 5.41) is 18.6. The highest BCUT2D eigenvalue weighted by molar-refractivity contribution is 5.78. The number of fused-ring (bicyclic) bond motifs is 1. The summed E-state index contributed by atoms with van der Waals surface area (Å²) >= 11 is 0. The molecule has 0 radical (unpaired) electrons. The van der Waals surface area contributed by atoms with Gasteiger partial charge in [-0.25, -0.2) is 0 Å². The van der Waals surface area contributed by atoms with Gasteiger partial charge in [0.25, 0.3) is 0 Å². The van der Waals surface area contributed by atoms with Crippen LogP contribution in [0.1, 0.15) is 11.5 Å². The Kier molecular flexibility index (Phi) is 2.57. The third kappa shape index (κ3) is 1.63. The molecule has 0 saturated heterocycles. The summed E-state index contributed by atoms with van der Waals surface area (Å²) in [6.45, 7) is -0.0267. The smallest absolute Gasteiger partial charge is 0.312 e. The van der Waals surface area contributed by atoms with Crippen LogP contribution < -0.4 is 15.2 Å². The summed E-state index contributed by atoms with van der Waals surface area (Å²) in [6.07, 6.45) is 0. The van der Waals surface area contributed by atoms with Crippen LogP contribution >= 0.6 is 0 Å². The number of carboxylic acids is 1. The van der Waals surface area contributed by atoms with Crippen LogP contribution in [0.25, 0.3) is 0 Å². The van der Waals surface area contributed by atoms with Crippen molar-refractivity contribution >= 4 is 5.97 Å². The molecule has 86 valence electrons. The fourth-order valence-electron chi connectivity index (χ4n) is 1.59. The number of hydrogen-bond acceptors (Lipinski definition) is 5. The quantitative estimate of drug-likeness (QED) is 0.681. The van der Waals surface area contributed by atoms with Crippen LogP contribution in [0.4, 0.5) is 0 Å². The molecule has 1 aromatic rings. The minimum absolute atomic E-state index is 0.0680. The van der Waals surface area contributed by atoms with Crippen molar-refractivity contribution in [3.8, 4) is 17.2 Å². The number of rotatable bonds is 3. The lowest BCUT2D eigenvalue weighted by Gasteiger charge is -2.12. The van der Waals surface area contributed by atoms with Gasteiger partial charge >= 0.3 is 5.97 Å². The number of aromatic hydroxyl groups is 1. The van der Waals surface area contributed by atoms with E-state index in [1.807, 2.05) is 0 Å². The molecule has 0 aliphatic carbocycles. The minimum atomic E-state index is -1.09. The summed E-state index contributed by atoms with van der Waals surface area (Å²) in [5.41, 5.74) is 5.59. The molecule has 0 bridgehead atoms. The normalized spacial score (nSPS) is 14.8. The fourth-order valence-corrected chi connectivity index (χ4v) is 1.59. The molecule has 1 unspecified atom stereocenters. The van der Waals surface area contributed by atoms with Crippen molar-refractivity contribution in [3.63, 3.8) is 0 Å². The van der Waals surface area contributed by atoms with Crippen LogP contribution in [0, 0.1) is 0 Å². The molecule has 6 heteroatoms. The first-order valence-corrected chi connectivity index (χ1v) is 4.69. The lowest BCUT2D eigenvalue weighted by atomic mass is 9.98. The maximum atomic E-state index is 10.9. The Bertz CT molecular complexity index is 431. The molecule has 1 aromatic carbocycles. The summed E-state index contributed by atoms with van der Waals surface area (Å²) in [7, 11) is 0. The van der Waals surface area contributed by atoms with Crippen molar-refractivity contribution in [2.45, 2.75) is 5.92 Å². The summed E-state index contributed by atoms with van der Waals surface area (Å²) in [4.78, 5) is 10.9. The zero-order chi connectivity index (χ0) is 11.7. The van der Waals surface area contributed by atoms with E-state index in [9.17, 15) is 9.90 Å². The van der Waals surface area contributed by atoms with Gasteiger partial charge in [-0.05, 0) is 6.07 Å². The van der Waals surface area contributed by atoms with Gasteiger partial charge in [-0.15, -0.1) is 0 Å². The topological polar surface area (TPSA) is 102 Å². The molecule has 6 nitrogen and oxygen atoms in total. The van der Waals surface area contributed by atoms with Gasteiger partial charge in [-0.2, -0.15) is 0 Å². The SMILES string of the molecule is NCC(C(=O)O)c1cc2c(cc1O)OCO2. The van der Waals surface area contributed by atoms with E-state index in [4.69, 9.17) is 20.3 Å². The van der Waals surface area contributed by atoms with Gasteiger partial charge in [0, 0.05) is 18.2 Å². The first-order valence-electron chi connectivity index (χ1n) is 4.69. The second kappa shape index (κ2) is 3.90. The average molecular weight is 225 g/mol. The molecule has 0 fully saturated rings. The molecule has 1 aliphatic heterocycles. The van der Waals surface area contributed by atoms with E-state index in [0.29, 0.717) is 11.5 Å². The number of phenols is 1. The van der Waals surface area contributed by atoms with E-state index in [1.54, 1.807) is 0 Å². The van der Waals surface area contributed by atoms with Crippen LogP contribution in [0.15, 0.2) is 12.1 Å². The number of nitrogens with two attached hydrogens (primary N) is 1. The Hall–Kier alpha value is -1.95. The van der Waals surface area contributed by atoms with Gasteiger partial charge in [-0.3, -0.25) is 4.79 Å². The van der Waals surface area contributed by atoms with E-state index in [0.717, 1.165) is 0 Å². The summed E-state index contributed by atoms with van der Waals surface area (Å²) in [5.74, 6) is -1.36. The standard InChI is InChI=1S/C10H11NO5/c11-3-6(10(13)14)5-1-8-9(2-7(5)12)16-4-15-8/h1-2,6,12H,3-4,11H2,(H,13,14). The largest absolute Gasteiger partial charge is 0.507 e. The Morgan fingerprint density at radius 3 is 2.62 bits per heavy atom. The van der Waals surface area contributed by atoms with Crippen molar-refractivity contribution in [1.82, 2.24) is 0 Å². The second-order valence-corrected chi connectivity index (χ2v) is 3.39. The first-order chi connectivity index (χ1) is 7.63. The predicted octanol–water partition coefficient (Wildman–Crippen LogP) is 0.248. The van der Waals surface area contributed by atoms with Crippen LogP contribution in [-0.2, 0) is 4.79 Å². The van der Waals surface area contributed by atoms with E-state index >= 15 is 0 Å². The van der Waals surface area contributed by atoms with E-state index in [2.05, 4.69) is 0 Å². The van der Waals surface area contributed by atoms with Crippen molar-refractivity contribution in [2.24, 2.45) is 5.73 Å². The van der Waals surface area contributed by atoms with E-state index in [1.165, 1.54) is 12.1 Å². The zero-order valence-electron chi connectivity index (χ0n) is 8.34. The van der Waals surface area contributed by atoms with Crippen molar-refractivity contribution in [2.75, 3.05) is 13.3 Å². The molecule has 4 N–H and O–H groups in total. The number of phenolic OH excluding ortho intramolecular Hbond substituents is 1. The Morgan fingerprint density at radius 2 is 2.06 bits per heavy atom. The van der Waals surface area contributed by atoms with Gasteiger partial charge in [0.05, 0.1) is 5.92 Å².